The maximum Gasteiger partial charge on any atom is 0.337 e. The summed E-state index contributed by atoms with van der Waals surface area (Å²) in [6.45, 7) is 2.24. The summed E-state index contributed by atoms with van der Waals surface area (Å²) in [5, 5.41) is 0. The minimum Gasteiger partial charge on any atom is -0.442 e. The van der Waals surface area contributed by atoms with Crippen LogP contribution in [0, 0.1) is 35.5 Å². The fourth-order valence-corrected chi connectivity index (χ4v) is 8.04. The first-order chi connectivity index (χ1) is 15.4. The van der Waals surface area contributed by atoms with Crippen molar-refractivity contribution in [2.75, 3.05) is 7.05 Å². The first-order valence-corrected chi connectivity index (χ1v) is 12.5. The zero-order chi connectivity index (χ0) is 22.5. The lowest BCUT2D eigenvalue weighted by molar-refractivity contribution is -0.167. The van der Waals surface area contributed by atoms with Crippen molar-refractivity contribution in [3.8, 4) is 12.3 Å². The summed E-state index contributed by atoms with van der Waals surface area (Å²) >= 11 is 0. The van der Waals surface area contributed by atoms with E-state index in [9.17, 15) is 9.59 Å². The number of fused-ring (bicyclic) bond motifs is 4. The van der Waals surface area contributed by atoms with Gasteiger partial charge >= 0.3 is 5.97 Å². The predicted molar refractivity (Wildman–Crippen MR) is 124 cm³/mol. The summed E-state index contributed by atoms with van der Waals surface area (Å²) in [6, 6.07) is 0. The van der Waals surface area contributed by atoms with E-state index in [-0.39, 0.29) is 11.4 Å². The van der Waals surface area contributed by atoms with E-state index in [1.807, 2.05) is 30.4 Å². The van der Waals surface area contributed by atoms with Crippen LogP contribution in [-0.2, 0) is 14.3 Å². The smallest absolute Gasteiger partial charge is 0.337 e. The fraction of sp³-hybridized carbons (Fsp3) is 0.643. The number of hydrogen-bond acceptors (Lipinski definition) is 4. The van der Waals surface area contributed by atoms with Crippen molar-refractivity contribution < 1.29 is 14.3 Å². The van der Waals surface area contributed by atoms with Crippen LogP contribution >= 0.6 is 0 Å². The summed E-state index contributed by atoms with van der Waals surface area (Å²) in [7, 11) is 1.92. The topological polar surface area (TPSA) is 46.6 Å². The second-order valence-corrected chi connectivity index (χ2v) is 10.6. The monoisotopic (exact) mass is 433 g/mol. The zero-order valence-corrected chi connectivity index (χ0v) is 19.5. The second kappa shape index (κ2) is 7.94. The van der Waals surface area contributed by atoms with Crippen LogP contribution in [0.25, 0.3) is 0 Å². The van der Waals surface area contributed by atoms with Gasteiger partial charge in [-0.15, -0.1) is 6.42 Å². The molecule has 1 heterocycles. The van der Waals surface area contributed by atoms with E-state index in [0.717, 1.165) is 57.8 Å². The average molecular weight is 434 g/mol. The van der Waals surface area contributed by atoms with Crippen LogP contribution < -0.4 is 0 Å². The van der Waals surface area contributed by atoms with Gasteiger partial charge in [-0.2, -0.15) is 0 Å². The molecule has 0 bridgehead atoms. The van der Waals surface area contributed by atoms with Gasteiger partial charge < -0.3 is 9.64 Å². The van der Waals surface area contributed by atoms with Crippen LogP contribution in [0.15, 0.2) is 35.2 Å². The van der Waals surface area contributed by atoms with Crippen LogP contribution in [0.5, 0.6) is 0 Å². The minimum atomic E-state index is -0.813. The van der Waals surface area contributed by atoms with Crippen molar-refractivity contribution in [3.05, 3.63) is 35.2 Å². The highest BCUT2D eigenvalue weighted by atomic mass is 16.6. The molecule has 0 aromatic rings. The molecular formula is C28H35NO3. The van der Waals surface area contributed by atoms with Gasteiger partial charge in [-0.1, -0.05) is 30.1 Å². The Morgan fingerprint density at radius 3 is 2.84 bits per heavy atom. The number of ketones is 1. The van der Waals surface area contributed by atoms with Crippen molar-refractivity contribution in [3.63, 3.8) is 0 Å². The molecule has 170 valence electrons. The number of hydrogen-bond donors (Lipinski definition) is 0. The van der Waals surface area contributed by atoms with Gasteiger partial charge in [0.2, 0.25) is 0 Å². The van der Waals surface area contributed by atoms with Gasteiger partial charge in [-0.3, -0.25) is 4.79 Å². The molecular weight excluding hydrogens is 398 g/mol. The van der Waals surface area contributed by atoms with E-state index in [0.29, 0.717) is 42.0 Å². The number of carbonyl (C=O) groups is 2. The summed E-state index contributed by atoms with van der Waals surface area (Å²) in [4.78, 5) is 27.1. The third-order valence-corrected chi connectivity index (χ3v) is 9.45. The molecule has 4 heteroatoms. The molecule has 2 fully saturated rings. The Morgan fingerprint density at radius 2 is 2.09 bits per heavy atom. The van der Waals surface area contributed by atoms with E-state index >= 15 is 0 Å². The molecule has 0 aromatic heterocycles. The maximum absolute atomic E-state index is 13.2. The summed E-state index contributed by atoms with van der Waals surface area (Å²) in [5.74, 6) is 4.90. The van der Waals surface area contributed by atoms with Crippen molar-refractivity contribution in [2.45, 2.75) is 83.2 Å². The zero-order valence-electron chi connectivity index (χ0n) is 19.5. The molecule has 4 nitrogen and oxygen atoms in total. The lowest BCUT2D eigenvalue weighted by atomic mass is 9.51. The summed E-state index contributed by atoms with van der Waals surface area (Å²) in [5.41, 5.74) is 2.76. The Hall–Kier alpha value is -2.28. The Bertz CT molecular complexity index is 966. The number of esters is 1. The lowest BCUT2D eigenvalue weighted by Crippen LogP contribution is -2.54. The summed E-state index contributed by atoms with van der Waals surface area (Å²) < 4.78 is 6.34. The molecule has 5 aliphatic rings. The molecule has 0 N–H and O–H groups in total. The average Bonchev–Trinajstić information content (AvgIpc) is 3.13. The van der Waals surface area contributed by atoms with E-state index in [4.69, 9.17) is 11.2 Å². The van der Waals surface area contributed by atoms with Crippen LogP contribution in [0.3, 0.4) is 0 Å². The Kier molecular flexibility index (Phi) is 5.35. The molecule has 0 aromatic carbocycles. The molecule has 5 atom stereocenters. The highest BCUT2D eigenvalue weighted by molar-refractivity contribution is 5.89. The number of nitrogens with zero attached hydrogens (tertiary/aromatic N) is 1. The molecule has 0 amide bonds. The largest absolute Gasteiger partial charge is 0.442 e. The van der Waals surface area contributed by atoms with Gasteiger partial charge in [0.15, 0.2) is 5.60 Å². The number of terminal acetylenes is 1. The molecule has 32 heavy (non-hydrogen) atoms. The van der Waals surface area contributed by atoms with Gasteiger partial charge in [0.1, 0.15) is 5.78 Å². The Labute approximate surface area is 192 Å². The van der Waals surface area contributed by atoms with Gasteiger partial charge in [0, 0.05) is 37.9 Å². The first kappa shape index (κ1) is 21.6. The number of rotatable bonds is 3. The maximum atomic E-state index is 13.2. The Balaban J connectivity index is 1.43. The van der Waals surface area contributed by atoms with Gasteiger partial charge in [-0.05, 0) is 75.3 Å². The van der Waals surface area contributed by atoms with Gasteiger partial charge in [0.05, 0.1) is 5.57 Å². The standard InChI is InChI=1S/C28H35NO3/c1-4-27-14-12-23-22-11-9-21(30)17-19(22)8-10-24(23)25(27)13-15-28(27,5-2)32-26(31)20-7-6-16-29(3)18-20/h2,6,16,18,23-25H,4,7-15,17H2,1,3H3/t23?,24?,25?,27?,28-/m0/s1. The molecule has 5 rings (SSSR count). The molecule has 2 saturated carbocycles. The third-order valence-electron chi connectivity index (χ3n) is 9.45. The fourth-order valence-electron chi connectivity index (χ4n) is 8.04. The summed E-state index contributed by atoms with van der Waals surface area (Å²) in [6.07, 6.45) is 22.0. The SMILES string of the molecule is C#C[C@]1(OC(=O)C2=CN(C)C=CC2)CCC2C3CCC4=C(CCC(=O)C4)C3CCC21CC. The van der Waals surface area contributed by atoms with Crippen molar-refractivity contribution in [1.82, 2.24) is 4.90 Å². The molecule has 0 spiro atoms. The highest BCUT2D eigenvalue weighted by Crippen LogP contribution is 2.66. The van der Waals surface area contributed by atoms with Crippen LogP contribution in [0.2, 0.25) is 0 Å². The number of ether oxygens (including phenoxy) is 1. The van der Waals surface area contributed by atoms with Crippen molar-refractivity contribution in [1.29, 1.82) is 0 Å². The van der Waals surface area contributed by atoms with E-state index < -0.39 is 5.60 Å². The van der Waals surface area contributed by atoms with Crippen molar-refractivity contribution >= 4 is 11.8 Å². The highest BCUT2D eigenvalue weighted by Gasteiger charge is 2.65. The van der Waals surface area contributed by atoms with Crippen LogP contribution in [-0.4, -0.2) is 29.3 Å². The molecule has 4 unspecified atom stereocenters. The normalized spacial score (nSPS) is 38.4. The van der Waals surface area contributed by atoms with Gasteiger partial charge in [-0.25, -0.2) is 4.79 Å². The van der Waals surface area contributed by atoms with E-state index in [1.165, 1.54) is 5.57 Å². The second-order valence-electron chi connectivity index (χ2n) is 10.6. The quantitative estimate of drug-likeness (QED) is 0.344. The Morgan fingerprint density at radius 1 is 1.25 bits per heavy atom. The molecule has 0 saturated heterocycles. The number of Topliss-reactive ketones (excluding diaryl/α,β-unsaturated/α-hetero) is 1. The van der Waals surface area contributed by atoms with Gasteiger partial charge in [0.25, 0.3) is 0 Å². The minimum absolute atomic E-state index is 0.141. The van der Waals surface area contributed by atoms with E-state index in [1.54, 1.807) is 5.57 Å². The lowest BCUT2D eigenvalue weighted by Gasteiger charge is -2.55. The van der Waals surface area contributed by atoms with Crippen LogP contribution in [0.4, 0.5) is 0 Å². The van der Waals surface area contributed by atoms with Crippen molar-refractivity contribution in [2.24, 2.45) is 23.2 Å². The molecule has 1 aliphatic heterocycles. The molecule has 4 aliphatic carbocycles. The van der Waals surface area contributed by atoms with Crippen LogP contribution in [0.1, 0.15) is 77.6 Å². The van der Waals surface area contributed by atoms with E-state index in [2.05, 4.69) is 12.8 Å². The molecule has 0 radical (unpaired) electrons. The predicted octanol–water partition coefficient (Wildman–Crippen LogP) is 5.31. The first-order valence-electron chi connectivity index (χ1n) is 12.5. The third kappa shape index (κ3) is 3.11. The number of carbonyl (C=O) groups excluding carboxylic acids is 2. The number of allylic oxidation sites excluding steroid dienone is 3.